The fraction of sp³-hybridized carbons (Fsp3) is 0. The van der Waals surface area contributed by atoms with E-state index in [0.29, 0.717) is 5.15 Å². The van der Waals surface area contributed by atoms with E-state index in [0.717, 1.165) is 11.3 Å². The van der Waals surface area contributed by atoms with Crippen molar-refractivity contribution < 1.29 is 0 Å². The van der Waals surface area contributed by atoms with Gasteiger partial charge in [0, 0.05) is 12.4 Å². The maximum Gasteiger partial charge on any atom is 0.141 e. The molecule has 0 aliphatic carbocycles. The summed E-state index contributed by atoms with van der Waals surface area (Å²) in [4.78, 5) is 11.9. The molecule has 0 radical (unpaired) electrons. The summed E-state index contributed by atoms with van der Waals surface area (Å²) < 4.78 is 0. The van der Waals surface area contributed by atoms with Gasteiger partial charge in [0.15, 0.2) is 0 Å². The largest absolute Gasteiger partial charge is 0.256 e. The Bertz CT molecular complexity index is 403. The molecule has 0 atom stereocenters. The highest BCUT2D eigenvalue weighted by Crippen LogP contribution is 2.21. The molecule has 4 heteroatoms. The van der Waals surface area contributed by atoms with Crippen LogP contribution in [-0.4, -0.2) is 15.0 Å². The van der Waals surface area contributed by atoms with E-state index >= 15 is 0 Å². The molecule has 0 saturated heterocycles. The molecule has 0 unspecified atom stereocenters. The topological polar surface area (TPSA) is 38.7 Å². The summed E-state index contributed by atoms with van der Waals surface area (Å²) in [5, 5.41) is 0.425. The van der Waals surface area contributed by atoms with Crippen molar-refractivity contribution in [1.82, 2.24) is 15.0 Å². The second-order valence-corrected chi connectivity index (χ2v) is 2.80. The first-order chi connectivity index (χ1) is 6.38. The van der Waals surface area contributed by atoms with Crippen LogP contribution in [0, 0.1) is 0 Å². The lowest BCUT2D eigenvalue weighted by Crippen LogP contribution is -1.87. The lowest BCUT2D eigenvalue weighted by Gasteiger charge is -1.99. The first-order valence-electron chi connectivity index (χ1n) is 3.75. The Morgan fingerprint density at radius 3 is 2.77 bits per heavy atom. The molecular weight excluding hydrogens is 186 g/mol. The van der Waals surface area contributed by atoms with Crippen LogP contribution in [0.1, 0.15) is 0 Å². The van der Waals surface area contributed by atoms with Gasteiger partial charge in [0.1, 0.15) is 11.5 Å². The van der Waals surface area contributed by atoms with Crippen molar-refractivity contribution in [3.8, 4) is 11.3 Å². The number of rotatable bonds is 1. The molecule has 2 aromatic heterocycles. The van der Waals surface area contributed by atoms with Crippen LogP contribution in [-0.2, 0) is 0 Å². The molecule has 0 aromatic carbocycles. The molecule has 0 bridgehead atoms. The van der Waals surface area contributed by atoms with Gasteiger partial charge < -0.3 is 0 Å². The van der Waals surface area contributed by atoms with Crippen molar-refractivity contribution >= 4 is 11.6 Å². The highest BCUT2D eigenvalue weighted by Gasteiger charge is 2.03. The standard InChI is InChI=1S/C9H6ClN3/c10-9-7(5-11-6-13-9)8-3-1-2-4-12-8/h1-6H. The Labute approximate surface area is 80.5 Å². The van der Waals surface area contributed by atoms with Gasteiger partial charge >= 0.3 is 0 Å². The quantitative estimate of drug-likeness (QED) is 0.649. The molecule has 0 aliphatic rings. The number of pyridine rings is 1. The molecular formula is C9H6ClN3. The van der Waals surface area contributed by atoms with E-state index in [9.17, 15) is 0 Å². The lowest BCUT2D eigenvalue weighted by atomic mass is 10.2. The number of halogens is 1. The molecule has 64 valence electrons. The molecule has 3 nitrogen and oxygen atoms in total. The fourth-order valence-electron chi connectivity index (χ4n) is 1.01. The summed E-state index contributed by atoms with van der Waals surface area (Å²) in [7, 11) is 0. The van der Waals surface area contributed by atoms with Gasteiger partial charge in [-0.1, -0.05) is 17.7 Å². The lowest BCUT2D eigenvalue weighted by molar-refractivity contribution is 1.16. The molecule has 0 N–H and O–H groups in total. The van der Waals surface area contributed by atoms with Gasteiger partial charge in [-0.05, 0) is 12.1 Å². The predicted molar refractivity (Wildman–Crippen MR) is 50.3 cm³/mol. The van der Waals surface area contributed by atoms with Crippen LogP contribution in [0.2, 0.25) is 5.15 Å². The monoisotopic (exact) mass is 191 g/mol. The highest BCUT2D eigenvalue weighted by molar-refractivity contribution is 6.31. The zero-order valence-electron chi connectivity index (χ0n) is 6.68. The molecule has 0 aliphatic heterocycles. The molecule has 0 amide bonds. The Balaban J connectivity index is 2.54. The van der Waals surface area contributed by atoms with Crippen LogP contribution < -0.4 is 0 Å². The normalized spacial score (nSPS) is 9.92. The van der Waals surface area contributed by atoms with E-state index in [4.69, 9.17) is 11.6 Å². The van der Waals surface area contributed by atoms with Crippen LogP contribution in [0.5, 0.6) is 0 Å². The van der Waals surface area contributed by atoms with Crippen LogP contribution in [0.15, 0.2) is 36.9 Å². The second kappa shape index (κ2) is 3.49. The molecule has 0 fully saturated rings. The van der Waals surface area contributed by atoms with E-state index in [1.165, 1.54) is 6.33 Å². The summed E-state index contributed by atoms with van der Waals surface area (Å²) in [6.45, 7) is 0. The van der Waals surface area contributed by atoms with Crippen LogP contribution in [0.25, 0.3) is 11.3 Å². The van der Waals surface area contributed by atoms with Gasteiger partial charge in [-0.15, -0.1) is 0 Å². The number of aromatic nitrogens is 3. The van der Waals surface area contributed by atoms with Gasteiger partial charge in [0.05, 0.1) is 11.3 Å². The first-order valence-corrected chi connectivity index (χ1v) is 4.12. The third-order valence-electron chi connectivity index (χ3n) is 1.60. The second-order valence-electron chi connectivity index (χ2n) is 2.44. The molecule has 0 saturated carbocycles. The molecule has 13 heavy (non-hydrogen) atoms. The maximum atomic E-state index is 5.87. The summed E-state index contributed by atoms with van der Waals surface area (Å²) in [5.41, 5.74) is 1.54. The molecule has 2 aromatic rings. The molecule has 2 heterocycles. The first kappa shape index (κ1) is 8.13. The van der Waals surface area contributed by atoms with Crippen molar-refractivity contribution in [2.75, 3.05) is 0 Å². The van der Waals surface area contributed by atoms with Crippen molar-refractivity contribution in [3.05, 3.63) is 42.1 Å². The van der Waals surface area contributed by atoms with Gasteiger partial charge in [-0.3, -0.25) is 4.98 Å². The maximum absolute atomic E-state index is 5.87. The zero-order chi connectivity index (χ0) is 9.10. The Morgan fingerprint density at radius 1 is 1.15 bits per heavy atom. The van der Waals surface area contributed by atoms with E-state index in [2.05, 4.69) is 15.0 Å². The average Bonchev–Trinajstić information content (AvgIpc) is 2.20. The molecule has 2 rings (SSSR count). The minimum absolute atomic E-state index is 0.425. The van der Waals surface area contributed by atoms with Crippen LogP contribution >= 0.6 is 11.6 Å². The summed E-state index contributed by atoms with van der Waals surface area (Å²) >= 11 is 5.87. The SMILES string of the molecule is Clc1ncncc1-c1ccccn1. The van der Waals surface area contributed by atoms with Crippen molar-refractivity contribution in [3.63, 3.8) is 0 Å². The van der Waals surface area contributed by atoms with Crippen molar-refractivity contribution in [2.45, 2.75) is 0 Å². The van der Waals surface area contributed by atoms with Gasteiger partial charge in [-0.25, -0.2) is 9.97 Å². The van der Waals surface area contributed by atoms with Crippen LogP contribution in [0.3, 0.4) is 0 Å². The number of hydrogen-bond donors (Lipinski definition) is 0. The summed E-state index contributed by atoms with van der Waals surface area (Å²) in [6.07, 6.45) is 4.77. The van der Waals surface area contributed by atoms with Gasteiger partial charge in [0.25, 0.3) is 0 Å². The summed E-state index contributed by atoms with van der Waals surface area (Å²) in [6, 6.07) is 5.61. The van der Waals surface area contributed by atoms with E-state index < -0.39 is 0 Å². The Kier molecular flexibility index (Phi) is 2.19. The number of hydrogen-bond acceptors (Lipinski definition) is 3. The van der Waals surface area contributed by atoms with Gasteiger partial charge in [0.2, 0.25) is 0 Å². The minimum Gasteiger partial charge on any atom is -0.256 e. The Hall–Kier alpha value is -1.48. The van der Waals surface area contributed by atoms with E-state index in [1.807, 2.05) is 18.2 Å². The number of nitrogens with zero attached hydrogens (tertiary/aromatic N) is 3. The third-order valence-corrected chi connectivity index (χ3v) is 1.91. The van der Waals surface area contributed by atoms with E-state index in [-0.39, 0.29) is 0 Å². The summed E-state index contributed by atoms with van der Waals surface area (Å²) in [5.74, 6) is 0. The smallest absolute Gasteiger partial charge is 0.141 e. The Morgan fingerprint density at radius 2 is 2.08 bits per heavy atom. The van der Waals surface area contributed by atoms with Crippen LogP contribution in [0.4, 0.5) is 0 Å². The van der Waals surface area contributed by atoms with Gasteiger partial charge in [-0.2, -0.15) is 0 Å². The average molecular weight is 192 g/mol. The molecule has 0 spiro atoms. The highest BCUT2D eigenvalue weighted by atomic mass is 35.5. The minimum atomic E-state index is 0.425. The predicted octanol–water partition coefficient (Wildman–Crippen LogP) is 2.19. The van der Waals surface area contributed by atoms with E-state index in [1.54, 1.807) is 12.4 Å². The fourth-order valence-corrected chi connectivity index (χ4v) is 1.20. The van der Waals surface area contributed by atoms with Crippen molar-refractivity contribution in [2.24, 2.45) is 0 Å². The van der Waals surface area contributed by atoms with Crippen molar-refractivity contribution in [1.29, 1.82) is 0 Å². The third kappa shape index (κ3) is 1.65. The zero-order valence-corrected chi connectivity index (χ0v) is 7.44.